The highest BCUT2D eigenvalue weighted by Gasteiger charge is 2.15. The molecule has 0 spiro atoms. The van der Waals surface area contributed by atoms with Crippen LogP contribution in [-0.4, -0.2) is 24.5 Å². The van der Waals surface area contributed by atoms with Gasteiger partial charge in [-0.25, -0.2) is 4.99 Å². The number of nitrogens with zero attached hydrogens (tertiary/aromatic N) is 1. The highest BCUT2D eigenvalue weighted by Crippen LogP contribution is 2.15. The van der Waals surface area contributed by atoms with Gasteiger partial charge in [0.15, 0.2) is 5.96 Å². The summed E-state index contributed by atoms with van der Waals surface area (Å²) in [4.78, 5) is 16.7. The number of anilines is 1. The summed E-state index contributed by atoms with van der Waals surface area (Å²) in [7, 11) is 1.65. The molecule has 1 amide bonds. The van der Waals surface area contributed by atoms with Gasteiger partial charge in [-0.05, 0) is 44.5 Å². The smallest absolute Gasteiger partial charge is 0.251 e. The molecule has 0 radical (unpaired) electrons. The lowest BCUT2D eigenvalue weighted by Gasteiger charge is -2.20. The third kappa shape index (κ3) is 6.75. The molecule has 2 rings (SSSR count). The highest BCUT2D eigenvalue weighted by molar-refractivity contribution is 5.95. The molecule has 0 heterocycles. The van der Waals surface area contributed by atoms with Gasteiger partial charge in [0.1, 0.15) is 0 Å². The molecule has 4 N–H and O–H groups in total. The van der Waals surface area contributed by atoms with E-state index in [1.165, 1.54) is 0 Å². The van der Waals surface area contributed by atoms with Crippen molar-refractivity contribution >= 4 is 17.6 Å². The molecular formula is C21H28N4O2. The molecule has 6 nitrogen and oxygen atoms in total. The minimum atomic E-state index is -0.283. The van der Waals surface area contributed by atoms with Gasteiger partial charge in [-0.3, -0.25) is 4.79 Å². The number of guanidine groups is 1. The summed E-state index contributed by atoms with van der Waals surface area (Å²) < 4.78 is 5.19. The quantitative estimate of drug-likeness (QED) is 0.539. The number of hydrogen-bond acceptors (Lipinski definition) is 3. The summed E-state index contributed by atoms with van der Waals surface area (Å²) in [6.45, 7) is 6.72. The molecule has 144 valence electrons. The molecule has 0 fully saturated rings. The Labute approximate surface area is 160 Å². The van der Waals surface area contributed by atoms with Crippen molar-refractivity contribution in [2.24, 2.45) is 10.7 Å². The average molecular weight is 368 g/mol. The molecule has 0 bridgehead atoms. The maximum atomic E-state index is 12.3. The van der Waals surface area contributed by atoms with E-state index in [9.17, 15) is 4.79 Å². The first-order valence-electron chi connectivity index (χ1n) is 8.84. The zero-order valence-corrected chi connectivity index (χ0v) is 16.4. The van der Waals surface area contributed by atoms with Gasteiger partial charge in [-0.1, -0.05) is 30.3 Å². The number of aliphatic imine (C=N–C) groups is 1. The number of hydrogen-bond donors (Lipinski definition) is 3. The highest BCUT2D eigenvalue weighted by atomic mass is 16.5. The molecule has 2 aromatic rings. The first-order valence-corrected chi connectivity index (χ1v) is 8.84. The van der Waals surface area contributed by atoms with Crippen LogP contribution < -0.4 is 16.4 Å². The zero-order valence-electron chi connectivity index (χ0n) is 16.4. The van der Waals surface area contributed by atoms with Crippen LogP contribution in [0.5, 0.6) is 0 Å². The normalized spacial score (nSPS) is 11.9. The molecule has 0 saturated carbocycles. The van der Waals surface area contributed by atoms with Crippen molar-refractivity contribution in [3.63, 3.8) is 0 Å². The van der Waals surface area contributed by atoms with Gasteiger partial charge in [0.2, 0.25) is 0 Å². The van der Waals surface area contributed by atoms with Crippen LogP contribution in [0.4, 0.5) is 5.69 Å². The predicted octanol–water partition coefficient (Wildman–Crippen LogP) is 3.29. The molecule has 6 heteroatoms. The van der Waals surface area contributed by atoms with E-state index in [1.54, 1.807) is 13.2 Å². The van der Waals surface area contributed by atoms with Crippen LogP contribution in [0.25, 0.3) is 0 Å². The van der Waals surface area contributed by atoms with Gasteiger partial charge in [-0.2, -0.15) is 0 Å². The largest absolute Gasteiger partial charge is 0.380 e. The number of nitrogens with one attached hydrogen (secondary N) is 2. The first-order chi connectivity index (χ1) is 12.8. The summed E-state index contributed by atoms with van der Waals surface area (Å²) >= 11 is 0. The molecule has 0 aliphatic rings. The van der Waals surface area contributed by atoms with Gasteiger partial charge >= 0.3 is 0 Å². The van der Waals surface area contributed by atoms with Crippen LogP contribution in [0.3, 0.4) is 0 Å². The molecule has 27 heavy (non-hydrogen) atoms. The van der Waals surface area contributed by atoms with Gasteiger partial charge in [0.05, 0.1) is 13.2 Å². The van der Waals surface area contributed by atoms with Gasteiger partial charge in [0, 0.05) is 29.5 Å². The van der Waals surface area contributed by atoms with E-state index in [-0.39, 0.29) is 11.4 Å². The number of carbonyl (C=O) groups is 1. The number of benzene rings is 2. The Morgan fingerprint density at radius 1 is 1.15 bits per heavy atom. The molecule has 0 saturated heterocycles. The Kier molecular flexibility index (Phi) is 6.96. The minimum Gasteiger partial charge on any atom is -0.380 e. The Bertz CT molecular complexity index is 810. The van der Waals surface area contributed by atoms with Crippen molar-refractivity contribution in [3.8, 4) is 0 Å². The predicted molar refractivity (Wildman–Crippen MR) is 110 cm³/mol. The van der Waals surface area contributed by atoms with Crippen molar-refractivity contribution in [3.05, 3.63) is 65.2 Å². The molecule has 2 aromatic carbocycles. The van der Waals surface area contributed by atoms with Crippen LogP contribution >= 0.6 is 0 Å². The van der Waals surface area contributed by atoms with E-state index in [0.717, 1.165) is 16.8 Å². The Morgan fingerprint density at radius 2 is 1.89 bits per heavy atom. The Hall–Kier alpha value is -2.86. The van der Waals surface area contributed by atoms with Crippen molar-refractivity contribution < 1.29 is 9.53 Å². The van der Waals surface area contributed by atoms with E-state index in [2.05, 4.69) is 15.6 Å². The van der Waals surface area contributed by atoms with Crippen LogP contribution in [0.1, 0.15) is 42.3 Å². The fourth-order valence-corrected chi connectivity index (χ4v) is 2.50. The second-order valence-corrected chi connectivity index (χ2v) is 7.32. The second-order valence-electron chi connectivity index (χ2n) is 7.32. The lowest BCUT2D eigenvalue weighted by Crippen LogP contribution is -2.40. The van der Waals surface area contributed by atoms with Gasteiger partial charge in [0.25, 0.3) is 5.91 Å². The minimum absolute atomic E-state index is 0.104. The van der Waals surface area contributed by atoms with Crippen molar-refractivity contribution in [2.75, 3.05) is 12.4 Å². The Morgan fingerprint density at radius 3 is 2.59 bits per heavy atom. The van der Waals surface area contributed by atoms with Crippen LogP contribution in [0.15, 0.2) is 53.5 Å². The number of methoxy groups -OCH3 is 1. The summed E-state index contributed by atoms with van der Waals surface area (Å²) in [6, 6.07) is 15.1. The summed E-state index contributed by atoms with van der Waals surface area (Å²) in [5, 5.41) is 6.06. The maximum Gasteiger partial charge on any atom is 0.251 e. The summed E-state index contributed by atoms with van der Waals surface area (Å²) in [5.41, 5.74) is 9.11. The average Bonchev–Trinajstić information content (AvgIpc) is 2.61. The Balaban J connectivity index is 2.05. The molecule has 0 aliphatic heterocycles. The van der Waals surface area contributed by atoms with Crippen LogP contribution in [0.2, 0.25) is 0 Å². The van der Waals surface area contributed by atoms with Crippen LogP contribution in [-0.2, 0) is 17.9 Å². The van der Waals surface area contributed by atoms with E-state index in [4.69, 9.17) is 10.5 Å². The number of carbonyl (C=O) groups excluding carboxylic acids is 1. The van der Waals surface area contributed by atoms with E-state index >= 15 is 0 Å². The van der Waals surface area contributed by atoms with Crippen molar-refractivity contribution in [1.82, 2.24) is 5.32 Å². The van der Waals surface area contributed by atoms with Crippen LogP contribution in [0, 0.1) is 0 Å². The fourth-order valence-electron chi connectivity index (χ4n) is 2.50. The third-order valence-corrected chi connectivity index (χ3v) is 3.69. The third-order valence-electron chi connectivity index (χ3n) is 3.69. The van der Waals surface area contributed by atoms with E-state index < -0.39 is 0 Å². The fraction of sp³-hybridized carbons (Fsp3) is 0.333. The van der Waals surface area contributed by atoms with Crippen molar-refractivity contribution in [2.45, 2.75) is 39.5 Å². The van der Waals surface area contributed by atoms with Crippen molar-refractivity contribution in [1.29, 1.82) is 0 Å². The molecule has 0 atom stereocenters. The summed E-state index contributed by atoms with van der Waals surface area (Å²) in [5.74, 6) is 0.205. The monoisotopic (exact) mass is 368 g/mol. The van der Waals surface area contributed by atoms with E-state index in [1.807, 2.05) is 63.2 Å². The number of amides is 1. The topological polar surface area (TPSA) is 88.7 Å². The number of ether oxygens (including phenoxy) is 1. The second kappa shape index (κ2) is 9.19. The standard InChI is InChI=1S/C21H28N4O2/c1-21(2,3)25-19(26)16-10-7-8-15(12-16)13-23-20(22)24-18-11-6-5-9-17(18)14-27-4/h5-12H,13-14H2,1-4H3,(H,25,26)(H3,22,23,24). The summed E-state index contributed by atoms with van der Waals surface area (Å²) in [6.07, 6.45) is 0. The zero-order chi connectivity index (χ0) is 19.9. The number of rotatable bonds is 6. The lowest BCUT2D eigenvalue weighted by molar-refractivity contribution is 0.0919. The molecule has 0 unspecified atom stereocenters. The molecule has 0 aliphatic carbocycles. The number of nitrogens with two attached hydrogens (primary N) is 1. The SMILES string of the molecule is COCc1ccccc1NC(N)=NCc1cccc(C(=O)NC(C)(C)C)c1. The lowest BCUT2D eigenvalue weighted by atomic mass is 10.1. The number of para-hydroxylation sites is 1. The maximum absolute atomic E-state index is 12.3. The molecular weight excluding hydrogens is 340 g/mol. The van der Waals surface area contributed by atoms with E-state index in [0.29, 0.717) is 24.7 Å². The van der Waals surface area contributed by atoms with Gasteiger partial charge < -0.3 is 21.1 Å². The first kappa shape index (κ1) is 20.5. The molecule has 0 aromatic heterocycles. The van der Waals surface area contributed by atoms with Gasteiger partial charge in [-0.15, -0.1) is 0 Å².